The zero-order chi connectivity index (χ0) is 10.8. The molecule has 1 heterocycles. The van der Waals surface area contributed by atoms with Gasteiger partial charge in [-0.25, -0.2) is 0 Å². The van der Waals surface area contributed by atoms with Gasteiger partial charge in [0.05, 0.1) is 6.04 Å². The molecular formula is C12H16N2O. The minimum Gasteiger partial charge on any atom is -0.347 e. The Labute approximate surface area is 89.9 Å². The average Bonchev–Trinajstić information content (AvgIpc) is 2.11. The predicted molar refractivity (Wildman–Crippen MR) is 60.0 cm³/mol. The molecule has 1 aliphatic rings. The number of rotatable bonds is 2. The summed E-state index contributed by atoms with van der Waals surface area (Å²) in [5.41, 5.74) is 3.02. The first-order valence-corrected chi connectivity index (χ1v) is 5.25. The van der Waals surface area contributed by atoms with E-state index in [1.165, 1.54) is 5.56 Å². The maximum atomic E-state index is 11.8. The minimum absolute atomic E-state index is 0.0407. The Balaban J connectivity index is 2.10. The Bertz CT molecular complexity index is 383. The molecule has 1 aliphatic heterocycles. The van der Waals surface area contributed by atoms with Gasteiger partial charge in [-0.3, -0.25) is 4.79 Å². The van der Waals surface area contributed by atoms with Crippen LogP contribution < -0.4 is 10.6 Å². The highest BCUT2D eigenvalue weighted by atomic mass is 16.1. The van der Waals surface area contributed by atoms with Gasteiger partial charge in [0.15, 0.2) is 0 Å². The largest absolute Gasteiger partial charge is 0.347 e. The number of benzene rings is 1. The van der Waals surface area contributed by atoms with Crippen LogP contribution in [0, 0.1) is 13.8 Å². The Kier molecular flexibility index (Phi) is 2.73. The Morgan fingerprint density at radius 2 is 2.13 bits per heavy atom. The molecule has 0 unspecified atom stereocenters. The van der Waals surface area contributed by atoms with E-state index in [1.807, 2.05) is 32.0 Å². The number of carbonyl (C=O) groups is 1. The molecule has 2 N–H and O–H groups in total. The molecule has 1 saturated heterocycles. The van der Waals surface area contributed by atoms with Crippen LogP contribution in [0.1, 0.15) is 21.5 Å². The third-order valence-corrected chi connectivity index (χ3v) is 2.74. The van der Waals surface area contributed by atoms with Crippen molar-refractivity contribution in [2.24, 2.45) is 0 Å². The molecule has 3 nitrogen and oxygen atoms in total. The van der Waals surface area contributed by atoms with E-state index >= 15 is 0 Å². The number of hydrogen-bond acceptors (Lipinski definition) is 2. The Morgan fingerprint density at radius 3 is 2.67 bits per heavy atom. The molecule has 1 aromatic rings. The third kappa shape index (κ3) is 2.18. The Hall–Kier alpha value is -1.35. The zero-order valence-electron chi connectivity index (χ0n) is 9.13. The molecule has 1 fully saturated rings. The zero-order valence-corrected chi connectivity index (χ0v) is 9.13. The van der Waals surface area contributed by atoms with Gasteiger partial charge in [-0.2, -0.15) is 0 Å². The van der Waals surface area contributed by atoms with Gasteiger partial charge in [0.1, 0.15) is 0 Å². The van der Waals surface area contributed by atoms with Crippen molar-refractivity contribution in [1.29, 1.82) is 0 Å². The van der Waals surface area contributed by atoms with Crippen molar-refractivity contribution < 1.29 is 4.79 Å². The van der Waals surface area contributed by atoms with Crippen LogP contribution in [-0.2, 0) is 0 Å². The van der Waals surface area contributed by atoms with Gasteiger partial charge in [-0.05, 0) is 25.5 Å². The molecule has 0 aromatic heterocycles. The summed E-state index contributed by atoms with van der Waals surface area (Å²) in [5.74, 6) is 0.0407. The molecule has 3 heteroatoms. The summed E-state index contributed by atoms with van der Waals surface area (Å²) < 4.78 is 0. The van der Waals surface area contributed by atoms with E-state index in [9.17, 15) is 4.79 Å². The van der Waals surface area contributed by atoms with Crippen molar-refractivity contribution in [3.63, 3.8) is 0 Å². The van der Waals surface area contributed by atoms with E-state index in [0.717, 1.165) is 24.2 Å². The van der Waals surface area contributed by atoms with E-state index in [1.54, 1.807) is 0 Å². The number of nitrogens with one attached hydrogen (secondary N) is 2. The molecule has 80 valence electrons. The summed E-state index contributed by atoms with van der Waals surface area (Å²) in [6.07, 6.45) is 0. The second kappa shape index (κ2) is 4.03. The van der Waals surface area contributed by atoms with Gasteiger partial charge in [-0.1, -0.05) is 17.7 Å². The summed E-state index contributed by atoms with van der Waals surface area (Å²) in [4.78, 5) is 11.8. The minimum atomic E-state index is 0.0407. The standard InChI is InChI=1S/C12H16N2O/c1-8-3-4-11(9(2)5-8)12(15)14-10-6-13-7-10/h3-5,10,13H,6-7H2,1-2H3,(H,14,15). The number of aryl methyl sites for hydroxylation is 2. The average molecular weight is 204 g/mol. The second-order valence-corrected chi connectivity index (χ2v) is 4.15. The first kappa shape index (κ1) is 10.2. The van der Waals surface area contributed by atoms with Crippen molar-refractivity contribution in [3.8, 4) is 0 Å². The summed E-state index contributed by atoms with van der Waals surface area (Å²) in [7, 11) is 0. The van der Waals surface area contributed by atoms with Gasteiger partial charge in [0.25, 0.3) is 5.91 Å². The van der Waals surface area contributed by atoms with Crippen LogP contribution >= 0.6 is 0 Å². The van der Waals surface area contributed by atoms with E-state index in [2.05, 4.69) is 10.6 Å². The Morgan fingerprint density at radius 1 is 1.40 bits per heavy atom. The van der Waals surface area contributed by atoms with Gasteiger partial charge in [0, 0.05) is 18.7 Å². The van der Waals surface area contributed by atoms with Gasteiger partial charge >= 0.3 is 0 Å². The first-order chi connectivity index (χ1) is 7.16. The number of carbonyl (C=O) groups excluding carboxylic acids is 1. The van der Waals surface area contributed by atoms with E-state index in [0.29, 0.717) is 6.04 Å². The fourth-order valence-electron chi connectivity index (χ4n) is 1.72. The van der Waals surface area contributed by atoms with Crippen LogP contribution in [0.4, 0.5) is 0 Å². The molecule has 2 rings (SSSR count). The summed E-state index contributed by atoms with van der Waals surface area (Å²) >= 11 is 0. The lowest BCUT2D eigenvalue weighted by atomic mass is 10.0. The molecule has 0 saturated carbocycles. The molecule has 0 spiro atoms. The molecule has 0 bridgehead atoms. The van der Waals surface area contributed by atoms with Gasteiger partial charge in [0.2, 0.25) is 0 Å². The quantitative estimate of drug-likeness (QED) is 0.754. The molecule has 0 radical (unpaired) electrons. The van der Waals surface area contributed by atoms with Crippen LogP contribution in [-0.4, -0.2) is 25.0 Å². The van der Waals surface area contributed by atoms with Crippen molar-refractivity contribution in [1.82, 2.24) is 10.6 Å². The van der Waals surface area contributed by atoms with E-state index in [-0.39, 0.29) is 5.91 Å². The van der Waals surface area contributed by atoms with Crippen molar-refractivity contribution in [2.45, 2.75) is 19.9 Å². The SMILES string of the molecule is Cc1ccc(C(=O)NC2CNC2)c(C)c1. The molecule has 15 heavy (non-hydrogen) atoms. The highest BCUT2D eigenvalue weighted by molar-refractivity contribution is 5.95. The highest BCUT2D eigenvalue weighted by Crippen LogP contribution is 2.10. The topological polar surface area (TPSA) is 41.1 Å². The maximum absolute atomic E-state index is 11.8. The number of hydrogen-bond donors (Lipinski definition) is 2. The van der Waals surface area contributed by atoms with Crippen molar-refractivity contribution in [2.75, 3.05) is 13.1 Å². The monoisotopic (exact) mass is 204 g/mol. The van der Waals surface area contributed by atoms with Crippen LogP contribution in [0.25, 0.3) is 0 Å². The number of amides is 1. The fourth-order valence-corrected chi connectivity index (χ4v) is 1.72. The van der Waals surface area contributed by atoms with Gasteiger partial charge < -0.3 is 10.6 Å². The fraction of sp³-hybridized carbons (Fsp3) is 0.417. The normalized spacial score (nSPS) is 15.9. The summed E-state index contributed by atoms with van der Waals surface area (Å²) in [6.45, 7) is 5.78. The van der Waals surface area contributed by atoms with Crippen LogP contribution in [0.3, 0.4) is 0 Å². The smallest absolute Gasteiger partial charge is 0.251 e. The lowest BCUT2D eigenvalue weighted by molar-refractivity contribution is 0.0923. The second-order valence-electron chi connectivity index (χ2n) is 4.15. The van der Waals surface area contributed by atoms with Crippen molar-refractivity contribution in [3.05, 3.63) is 34.9 Å². The summed E-state index contributed by atoms with van der Waals surface area (Å²) in [6, 6.07) is 6.21. The van der Waals surface area contributed by atoms with E-state index < -0.39 is 0 Å². The highest BCUT2D eigenvalue weighted by Gasteiger charge is 2.20. The molecule has 1 amide bonds. The van der Waals surface area contributed by atoms with Crippen LogP contribution in [0.5, 0.6) is 0 Å². The van der Waals surface area contributed by atoms with E-state index in [4.69, 9.17) is 0 Å². The molecular weight excluding hydrogens is 188 g/mol. The van der Waals surface area contributed by atoms with Crippen LogP contribution in [0.15, 0.2) is 18.2 Å². The maximum Gasteiger partial charge on any atom is 0.251 e. The molecule has 0 atom stereocenters. The lowest BCUT2D eigenvalue weighted by Gasteiger charge is -2.28. The molecule has 1 aromatic carbocycles. The van der Waals surface area contributed by atoms with Crippen molar-refractivity contribution >= 4 is 5.91 Å². The first-order valence-electron chi connectivity index (χ1n) is 5.25. The van der Waals surface area contributed by atoms with Crippen LogP contribution in [0.2, 0.25) is 0 Å². The van der Waals surface area contributed by atoms with Gasteiger partial charge in [-0.15, -0.1) is 0 Å². The third-order valence-electron chi connectivity index (χ3n) is 2.74. The lowest BCUT2D eigenvalue weighted by Crippen LogP contribution is -2.57. The predicted octanol–water partition coefficient (Wildman–Crippen LogP) is 1.01. The summed E-state index contributed by atoms with van der Waals surface area (Å²) in [5, 5.41) is 6.12. The molecule has 0 aliphatic carbocycles.